The Morgan fingerprint density at radius 1 is 1.39 bits per heavy atom. The second-order valence-electron chi connectivity index (χ2n) is 5.36. The molecule has 0 saturated carbocycles. The third kappa shape index (κ3) is 2.76. The van der Waals surface area contributed by atoms with Crippen molar-refractivity contribution in [1.82, 2.24) is 14.3 Å². The number of nitrogens with two attached hydrogens (primary N) is 1. The van der Waals surface area contributed by atoms with E-state index in [2.05, 4.69) is 5.10 Å². The Morgan fingerprint density at radius 2 is 2.17 bits per heavy atom. The first kappa shape index (κ1) is 15.7. The molecule has 1 atom stereocenters. The zero-order chi connectivity index (χ0) is 16.6. The lowest BCUT2D eigenvalue weighted by Gasteiger charge is -2.15. The van der Waals surface area contributed by atoms with Gasteiger partial charge in [0, 0.05) is 24.0 Å². The smallest absolute Gasteiger partial charge is 0.265 e. The van der Waals surface area contributed by atoms with Crippen LogP contribution in [-0.2, 0) is 6.54 Å². The Morgan fingerprint density at radius 3 is 2.87 bits per heavy atom. The van der Waals surface area contributed by atoms with Crippen LogP contribution in [-0.4, -0.2) is 26.1 Å². The molecule has 23 heavy (non-hydrogen) atoms. The van der Waals surface area contributed by atoms with E-state index in [1.807, 2.05) is 19.1 Å². The highest BCUT2D eigenvalue weighted by Gasteiger charge is 2.17. The van der Waals surface area contributed by atoms with Gasteiger partial charge in [-0.25, -0.2) is 0 Å². The summed E-state index contributed by atoms with van der Waals surface area (Å²) in [6.07, 6.45) is 1.71. The molecule has 0 bridgehead atoms. The van der Waals surface area contributed by atoms with Crippen molar-refractivity contribution >= 4 is 22.4 Å². The summed E-state index contributed by atoms with van der Waals surface area (Å²) in [4.78, 5) is 13.0. The monoisotopic (exact) mass is 332 g/mol. The molecule has 0 aliphatic heterocycles. The van der Waals surface area contributed by atoms with Gasteiger partial charge in [0.05, 0.1) is 23.6 Å². The minimum atomic E-state index is -0.353. The molecule has 3 N–H and O–H groups in total. The molecule has 0 saturated heterocycles. The van der Waals surface area contributed by atoms with E-state index in [1.54, 1.807) is 29.1 Å². The molecule has 3 rings (SSSR count). The maximum absolute atomic E-state index is 13.0. The zero-order valence-corrected chi connectivity index (χ0v) is 13.4. The second kappa shape index (κ2) is 6.16. The summed E-state index contributed by atoms with van der Waals surface area (Å²) in [6, 6.07) is 8.54. The van der Waals surface area contributed by atoms with Crippen molar-refractivity contribution in [3.05, 3.63) is 57.6 Å². The van der Waals surface area contributed by atoms with Crippen LogP contribution in [0.1, 0.15) is 18.7 Å². The van der Waals surface area contributed by atoms with Gasteiger partial charge >= 0.3 is 0 Å². The van der Waals surface area contributed by atoms with E-state index in [1.165, 1.54) is 4.57 Å². The Bertz CT molecular complexity index is 914. The minimum Gasteiger partial charge on any atom is -0.394 e. The van der Waals surface area contributed by atoms with E-state index in [9.17, 15) is 4.79 Å². The number of fused-ring (bicyclic) bond motifs is 1. The fraction of sp³-hybridized carbons (Fsp3) is 0.250. The van der Waals surface area contributed by atoms with E-state index in [0.29, 0.717) is 28.5 Å². The molecule has 1 unspecified atom stereocenters. The first-order chi connectivity index (χ1) is 11.0. The van der Waals surface area contributed by atoms with E-state index in [-0.39, 0.29) is 18.2 Å². The highest BCUT2D eigenvalue weighted by atomic mass is 35.5. The van der Waals surface area contributed by atoms with E-state index >= 15 is 0 Å². The third-order valence-corrected chi connectivity index (χ3v) is 3.99. The van der Waals surface area contributed by atoms with Crippen LogP contribution in [0.25, 0.3) is 16.6 Å². The van der Waals surface area contributed by atoms with Crippen LogP contribution in [0.4, 0.5) is 0 Å². The Hall–Kier alpha value is -2.15. The van der Waals surface area contributed by atoms with Crippen molar-refractivity contribution in [1.29, 1.82) is 0 Å². The van der Waals surface area contributed by atoms with Gasteiger partial charge in [-0.15, -0.1) is 0 Å². The number of hydrogen-bond acceptors (Lipinski definition) is 4. The molecular formula is C16H17ClN4O2. The molecule has 7 heteroatoms. The molecule has 0 spiro atoms. The van der Waals surface area contributed by atoms with Gasteiger partial charge < -0.3 is 10.8 Å². The Balaban J connectivity index is 2.32. The topological polar surface area (TPSA) is 86.1 Å². The van der Waals surface area contributed by atoms with Gasteiger partial charge in [0.1, 0.15) is 0 Å². The largest absolute Gasteiger partial charge is 0.394 e. The van der Waals surface area contributed by atoms with Gasteiger partial charge in [-0.05, 0) is 24.4 Å². The fourth-order valence-corrected chi connectivity index (χ4v) is 2.87. The number of halogens is 1. The second-order valence-corrected chi connectivity index (χ2v) is 5.77. The summed E-state index contributed by atoms with van der Waals surface area (Å²) >= 11 is 6.21. The van der Waals surface area contributed by atoms with Crippen molar-refractivity contribution in [3.8, 4) is 5.82 Å². The van der Waals surface area contributed by atoms with Crippen LogP contribution < -0.4 is 11.3 Å². The third-order valence-electron chi connectivity index (χ3n) is 3.68. The summed E-state index contributed by atoms with van der Waals surface area (Å²) in [5, 5.41) is 14.9. The lowest BCUT2D eigenvalue weighted by atomic mass is 10.1. The summed E-state index contributed by atoms with van der Waals surface area (Å²) in [5.41, 5.74) is 6.44. The van der Waals surface area contributed by atoms with Gasteiger partial charge in [-0.1, -0.05) is 23.7 Å². The standard InChI is InChI=1S/C16H17ClN4O2/c1-10(18)13-9-11-3-2-4-12(17)15(11)16(23)21(13)14-5-6-20(19-14)7-8-22/h2-6,9-10,22H,7-8,18H2,1H3. The SMILES string of the molecule is CC(N)c1cc2cccc(Cl)c2c(=O)n1-c1ccn(CCO)n1. The first-order valence-electron chi connectivity index (χ1n) is 7.27. The summed E-state index contributed by atoms with van der Waals surface area (Å²) in [6.45, 7) is 2.14. The predicted molar refractivity (Wildman–Crippen MR) is 90.0 cm³/mol. The lowest BCUT2D eigenvalue weighted by Crippen LogP contribution is -2.26. The minimum absolute atomic E-state index is 0.0281. The number of pyridine rings is 1. The van der Waals surface area contributed by atoms with Crippen molar-refractivity contribution in [2.24, 2.45) is 5.73 Å². The number of aromatic nitrogens is 3. The van der Waals surface area contributed by atoms with Crippen molar-refractivity contribution in [3.63, 3.8) is 0 Å². The molecule has 120 valence electrons. The van der Waals surface area contributed by atoms with Gasteiger partial charge in [0.25, 0.3) is 5.56 Å². The molecule has 0 radical (unpaired) electrons. The van der Waals surface area contributed by atoms with Crippen LogP contribution in [0.2, 0.25) is 5.02 Å². The summed E-state index contributed by atoms with van der Waals surface area (Å²) in [5.74, 6) is 0.456. The summed E-state index contributed by atoms with van der Waals surface area (Å²) < 4.78 is 3.05. The molecule has 0 fully saturated rings. The van der Waals surface area contributed by atoms with Crippen molar-refractivity contribution in [2.45, 2.75) is 19.5 Å². The van der Waals surface area contributed by atoms with Crippen LogP contribution in [0.3, 0.4) is 0 Å². The van der Waals surface area contributed by atoms with E-state index in [4.69, 9.17) is 22.4 Å². The quantitative estimate of drug-likeness (QED) is 0.763. The number of aliphatic hydroxyl groups excluding tert-OH is 1. The highest BCUT2D eigenvalue weighted by Crippen LogP contribution is 2.24. The van der Waals surface area contributed by atoms with Crippen molar-refractivity contribution in [2.75, 3.05) is 6.61 Å². The molecule has 1 aromatic carbocycles. The maximum Gasteiger partial charge on any atom is 0.265 e. The molecule has 2 aromatic heterocycles. The average Bonchev–Trinajstić information content (AvgIpc) is 2.95. The molecule has 0 amide bonds. The number of nitrogens with zero attached hydrogens (tertiary/aromatic N) is 3. The Labute approximate surface area is 137 Å². The number of hydrogen-bond donors (Lipinski definition) is 2. The van der Waals surface area contributed by atoms with Gasteiger partial charge in [0.15, 0.2) is 5.82 Å². The molecular weight excluding hydrogens is 316 g/mol. The van der Waals surface area contributed by atoms with Crippen LogP contribution in [0.15, 0.2) is 41.3 Å². The van der Waals surface area contributed by atoms with Gasteiger partial charge in [0.2, 0.25) is 0 Å². The number of aliphatic hydroxyl groups is 1. The predicted octanol–water partition coefficient (Wildman–Crippen LogP) is 1.85. The van der Waals surface area contributed by atoms with Gasteiger partial charge in [-0.2, -0.15) is 5.10 Å². The molecule has 0 aliphatic carbocycles. The molecule has 0 aliphatic rings. The fourth-order valence-electron chi connectivity index (χ4n) is 2.61. The van der Waals surface area contributed by atoms with Crippen LogP contribution >= 0.6 is 11.6 Å². The first-order valence-corrected chi connectivity index (χ1v) is 7.65. The molecule has 6 nitrogen and oxygen atoms in total. The normalized spacial score (nSPS) is 12.7. The molecule has 2 heterocycles. The zero-order valence-electron chi connectivity index (χ0n) is 12.6. The maximum atomic E-state index is 13.0. The summed E-state index contributed by atoms with van der Waals surface area (Å²) in [7, 11) is 0. The average molecular weight is 333 g/mol. The van der Waals surface area contributed by atoms with Gasteiger partial charge in [-0.3, -0.25) is 14.0 Å². The van der Waals surface area contributed by atoms with E-state index in [0.717, 1.165) is 5.39 Å². The molecule has 3 aromatic rings. The Kier molecular flexibility index (Phi) is 4.21. The van der Waals surface area contributed by atoms with Crippen molar-refractivity contribution < 1.29 is 5.11 Å². The van der Waals surface area contributed by atoms with Crippen LogP contribution in [0, 0.1) is 0 Å². The number of rotatable bonds is 4. The number of benzene rings is 1. The lowest BCUT2D eigenvalue weighted by molar-refractivity contribution is 0.269. The van der Waals surface area contributed by atoms with Crippen LogP contribution in [0.5, 0.6) is 0 Å². The highest BCUT2D eigenvalue weighted by molar-refractivity contribution is 6.35. The van der Waals surface area contributed by atoms with E-state index < -0.39 is 0 Å².